The minimum Gasteiger partial charge on any atom is -0.263 e. The summed E-state index contributed by atoms with van der Waals surface area (Å²) in [6.45, 7) is -2.94. The van der Waals surface area contributed by atoms with E-state index in [0.717, 1.165) is 0 Å². The van der Waals surface area contributed by atoms with E-state index in [1.807, 2.05) is 0 Å². The van der Waals surface area contributed by atoms with Crippen molar-refractivity contribution in [1.82, 2.24) is 0 Å². The summed E-state index contributed by atoms with van der Waals surface area (Å²) >= 11 is 0. The molecule has 37 heavy (non-hydrogen) atoms. The number of alkyl halides is 18. The molecule has 0 N–H and O–H groups in total. The van der Waals surface area contributed by atoms with Gasteiger partial charge in [0.05, 0.1) is 12.7 Å². The van der Waals surface area contributed by atoms with Gasteiger partial charge < -0.3 is 0 Å². The molecule has 0 aromatic rings. The van der Waals surface area contributed by atoms with E-state index >= 15 is 0 Å². The predicted molar refractivity (Wildman–Crippen MR) is 76.1 cm³/mol. The molecule has 0 radical (unpaired) electrons. The molecule has 0 heterocycles. The van der Waals surface area contributed by atoms with Crippen LogP contribution in [-0.2, 0) is 28.6 Å². The van der Waals surface area contributed by atoms with Gasteiger partial charge in [-0.25, -0.2) is 0 Å². The Hall–Kier alpha value is -1.44. The van der Waals surface area contributed by atoms with Crippen molar-refractivity contribution in [1.29, 1.82) is 0 Å². The molecule has 26 heteroatoms. The molecule has 0 spiro atoms. The zero-order valence-electron chi connectivity index (χ0n) is 16.4. The third kappa shape index (κ3) is 5.51. The molecule has 0 rings (SSSR count). The molecule has 0 bridgehead atoms. The van der Waals surface area contributed by atoms with E-state index < -0.39 is 79.5 Å². The summed E-state index contributed by atoms with van der Waals surface area (Å²) in [6, 6.07) is 0. The van der Waals surface area contributed by atoms with Crippen LogP contribution in [0.1, 0.15) is 6.92 Å². The van der Waals surface area contributed by atoms with E-state index in [4.69, 9.17) is 0 Å². The Morgan fingerprint density at radius 1 is 0.514 bits per heavy atom. The highest BCUT2D eigenvalue weighted by atomic mass is 32.2. The molecule has 0 aromatic heterocycles. The van der Waals surface area contributed by atoms with Crippen molar-refractivity contribution in [2.45, 2.75) is 59.6 Å². The van der Waals surface area contributed by atoms with Crippen molar-refractivity contribution in [2.75, 3.05) is 6.61 Å². The first kappa shape index (κ1) is 35.6. The van der Waals surface area contributed by atoms with Crippen molar-refractivity contribution in [3.05, 3.63) is 0 Å². The number of rotatable bonds is 11. The highest BCUT2D eigenvalue weighted by Gasteiger charge is 2.87. The highest BCUT2D eigenvalue weighted by Crippen LogP contribution is 2.56. The second-order valence-electron chi connectivity index (χ2n) is 6.43. The minimum absolute atomic E-state index is 0.218. The molecule has 0 saturated heterocycles. The fourth-order valence-corrected chi connectivity index (χ4v) is 3.61. The maximum atomic E-state index is 13.4. The molecule has 1 atom stereocenters. The smallest absolute Gasteiger partial charge is 0.263 e. The zero-order valence-corrected chi connectivity index (χ0v) is 18.0. The van der Waals surface area contributed by atoms with Crippen LogP contribution >= 0.6 is 0 Å². The predicted octanol–water partition coefficient (Wildman–Crippen LogP) is 4.92. The first-order valence-electron chi connectivity index (χ1n) is 7.82. The van der Waals surface area contributed by atoms with E-state index in [2.05, 4.69) is 8.37 Å². The second-order valence-corrected chi connectivity index (χ2v) is 9.70. The average Bonchev–Trinajstić information content (AvgIpc) is 2.63. The molecule has 0 aromatic carbocycles. The Labute approximate surface area is 191 Å². The molecule has 1 unspecified atom stereocenters. The van der Waals surface area contributed by atoms with E-state index in [1.54, 1.807) is 0 Å². The first-order valence-corrected chi connectivity index (χ1v) is 10.6. The third-order valence-corrected chi connectivity index (χ3v) is 6.41. The summed E-state index contributed by atoms with van der Waals surface area (Å²) in [6.07, 6.45) is -18.4. The van der Waals surface area contributed by atoms with Crippen LogP contribution in [0.15, 0.2) is 0 Å². The van der Waals surface area contributed by atoms with Gasteiger partial charge in [-0.2, -0.15) is 95.9 Å². The Kier molecular flexibility index (Phi) is 8.98. The van der Waals surface area contributed by atoms with E-state index in [0.29, 0.717) is 0 Å². The lowest BCUT2D eigenvalue weighted by molar-refractivity contribution is -0.383. The summed E-state index contributed by atoms with van der Waals surface area (Å²) in [4.78, 5) is 0. The van der Waals surface area contributed by atoms with Crippen molar-refractivity contribution in [3.63, 3.8) is 0 Å². The number of halogens is 18. The Bertz CT molecular complexity index is 1040. The van der Waals surface area contributed by atoms with Gasteiger partial charge in [-0.1, -0.05) is 0 Å². The topological polar surface area (TPSA) is 86.7 Å². The van der Waals surface area contributed by atoms with E-state index in [9.17, 15) is 95.9 Å². The molecular weight excluding hydrogens is 634 g/mol. The summed E-state index contributed by atoms with van der Waals surface area (Å²) in [5.41, 5.74) is 0. The van der Waals surface area contributed by atoms with Gasteiger partial charge >= 0.3 is 66.8 Å². The average molecular weight is 640 g/mol. The summed E-state index contributed by atoms with van der Waals surface area (Å²) in [5, 5.41) is -15.1. The molecular formula is C11H6F18O6S2. The van der Waals surface area contributed by atoms with Crippen LogP contribution in [0.5, 0.6) is 0 Å². The maximum absolute atomic E-state index is 13.4. The first-order chi connectivity index (χ1) is 15.6. The Morgan fingerprint density at radius 2 is 0.784 bits per heavy atom. The monoisotopic (exact) mass is 640 g/mol. The summed E-state index contributed by atoms with van der Waals surface area (Å²) in [5.74, 6) is -31.4. The van der Waals surface area contributed by atoms with Gasteiger partial charge in [0.15, 0.2) is 0 Å². The second kappa shape index (κ2) is 9.34. The lowest BCUT2D eigenvalue weighted by atomic mass is 10.1. The molecule has 0 saturated carbocycles. The Balaban J connectivity index is 6.01. The van der Waals surface area contributed by atoms with Crippen LogP contribution in [0.25, 0.3) is 0 Å². The number of hydrogen-bond donors (Lipinski definition) is 0. The van der Waals surface area contributed by atoms with Crippen LogP contribution in [0, 0.1) is 0 Å². The van der Waals surface area contributed by atoms with Gasteiger partial charge in [0.2, 0.25) is 0 Å². The Morgan fingerprint density at radius 3 is 1.05 bits per heavy atom. The highest BCUT2D eigenvalue weighted by molar-refractivity contribution is 7.88. The zero-order chi connectivity index (χ0) is 30.7. The normalized spacial score (nSPS) is 17.2. The molecule has 0 amide bonds. The fraction of sp³-hybridized carbons (Fsp3) is 1.00. The van der Waals surface area contributed by atoms with Crippen molar-refractivity contribution in [3.8, 4) is 0 Å². The van der Waals surface area contributed by atoms with E-state index in [-0.39, 0.29) is 6.92 Å². The molecule has 0 aliphatic rings. The van der Waals surface area contributed by atoms with Gasteiger partial charge in [0, 0.05) is 0 Å². The SMILES string of the molecule is CC(COS(=O)(=O)C(F)(F)C(F)(F)C(F)(F)C(F)(F)F)OS(=O)(=O)C(F)(F)C(F)(F)C(F)(F)C(F)(F)F. The lowest BCUT2D eigenvalue weighted by Gasteiger charge is -2.33. The van der Waals surface area contributed by atoms with Gasteiger partial charge in [0.1, 0.15) is 0 Å². The van der Waals surface area contributed by atoms with Crippen molar-refractivity contribution >= 4 is 20.2 Å². The quantitative estimate of drug-likeness (QED) is 0.236. The molecule has 0 aliphatic carbocycles. The standard InChI is InChI=1S/C11H6F18O6S2/c1-3(35-37(32,33)11(28,29)7(18,19)5(14,15)9(23,24)25)2-34-36(30,31)10(26,27)6(16,17)4(12,13)8(20,21)22/h3H,2H2,1H3. The van der Waals surface area contributed by atoms with Crippen molar-refractivity contribution < 1.29 is 104 Å². The summed E-state index contributed by atoms with van der Waals surface area (Å²) < 4.78 is 279. The van der Waals surface area contributed by atoms with Gasteiger partial charge in [-0.15, -0.1) is 0 Å². The van der Waals surface area contributed by atoms with Crippen LogP contribution in [-0.4, -0.2) is 76.1 Å². The lowest BCUT2D eigenvalue weighted by Crippen LogP contribution is -2.64. The molecule has 0 fully saturated rings. The number of hydrogen-bond acceptors (Lipinski definition) is 6. The van der Waals surface area contributed by atoms with Crippen LogP contribution in [0.3, 0.4) is 0 Å². The maximum Gasteiger partial charge on any atom is 0.460 e. The fourth-order valence-electron chi connectivity index (χ4n) is 1.60. The molecule has 0 aliphatic heterocycles. The van der Waals surface area contributed by atoms with E-state index in [1.165, 1.54) is 0 Å². The minimum atomic E-state index is -7.89. The van der Waals surface area contributed by atoms with Crippen LogP contribution in [0.2, 0.25) is 0 Å². The third-order valence-electron chi connectivity index (χ3n) is 3.61. The summed E-state index contributed by atoms with van der Waals surface area (Å²) in [7, 11) is -15.5. The van der Waals surface area contributed by atoms with Gasteiger partial charge in [-0.05, 0) is 6.92 Å². The molecule has 6 nitrogen and oxygen atoms in total. The van der Waals surface area contributed by atoms with Crippen LogP contribution in [0.4, 0.5) is 79.0 Å². The van der Waals surface area contributed by atoms with Gasteiger partial charge in [0.25, 0.3) is 0 Å². The van der Waals surface area contributed by atoms with Crippen molar-refractivity contribution in [2.24, 2.45) is 0 Å². The van der Waals surface area contributed by atoms with Crippen LogP contribution < -0.4 is 0 Å². The molecule has 224 valence electrons. The van der Waals surface area contributed by atoms with Gasteiger partial charge in [-0.3, -0.25) is 8.37 Å². The largest absolute Gasteiger partial charge is 0.460 e.